The first-order valence-electron chi connectivity index (χ1n) is 4.65. The van der Waals surface area contributed by atoms with Gasteiger partial charge >= 0.3 is 0 Å². The molecule has 2 atom stereocenters. The molecule has 0 aromatic carbocycles. The Kier molecular flexibility index (Phi) is 8.07. The maximum atomic E-state index is 11.0. The van der Waals surface area contributed by atoms with E-state index < -0.39 is 10.8 Å². The van der Waals surface area contributed by atoms with Gasteiger partial charge in [0, 0.05) is 28.7 Å². The fraction of sp³-hybridized carbons (Fsp3) is 0.800. The SMILES string of the molecule is C#CCCCNCCC(C)S(C)=O. The van der Waals surface area contributed by atoms with Crippen LogP contribution in [-0.4, -0.2) is 28.8 Å². The molecule has 0 rings (SSSR count). The molecule has 0 amide bonds. The number of unbranched alkanes of at least 4 members (excludes halogenated alkanes) is 1. The second-order valence-electron chi connectivity index (χ2n) is 3.16. The molecule has 0 aliphatic heterocycles. The highest BCUT2D eigenvalue weighted by molar-refractivity contribution is 7.84. The largest absolute Gasteiger partial charge is 0.317 e. The van der Waals surface area contributed by atoms with Crippen molar-refractivity contribution < 1.29 is 4.21 Å². The molecule has 0 saturated carbocycles. The van der Waals surface area contributed by atoms with Crippen molar-refractivity contribution in [3.8, 4) is 12.3 Å². The van der Waals surface area contributed by atoms with Crippen LogP contribution in [0.3, 0.4) is 0 Å². The Morgan fingerprint density at radius 3 is 2.77 bits per heavy atom. The van der Waals surface area contributed by atoms with Gasteiger partial charge in [0.2, 0.25) is 0 Å². The zero-order valence-corrected chi connectivity index (χ0v) is 9.32. The predicted molar refractivity (Wildman–Crippen MR) is 59.1 cm³/mol. The molecule has 0 bridgehead atoms. The summed E-state index contributed by atoms with van der Waals surface area (Å²) in [7, 11) is -0.691. The first-order chi connectivity index (χ1) is 6.18. The van der Waals surface area contributed by atoms with Crippen molar-refractivity contribution in [1.29, 1.82) is 0 Å². The summed E-state index contributed by atoms with van der Waals surface area (Å²) in [6.07, 6.45) is 9.70. The number of hydrogen-bond donors (Lipinski definition) is 1. The Balaban J connectivity index is 3.17. The summed E-state index contributed by atoms with van der Waals surface area (Å²) >= 11 is 0. The molecule has 0 spiro atoms. The van der Waals surface area contributed by atoms with Gasteiger partial charge in [-0.2, -0.15) is 0 Å². The lowest BCUT2D eigenvalue weighted by atomic mass is 10.3. The minimum Gasteiger partial charge on any atom is -0.317 e. The highest BCUT2D eigenvalue weighted by Crippen LogP contribution is 1.97. The Labute approximate surface area is 83.9 Å². The van der Waals surface area contributed by atoms with Crippen LogP contribution in [0.15, 0.2) is 0 Å². The molecular weight excluding hydrogens is 182 g/mol. The summed E-state index contributed by atoms with van der Waals surface area (Å²) in [5.41, 5.74) is 0. The molecule has 0 fully saturated rings. The molecule has 0 heterocycles. The zero-order valence-electron chi connectivity index (χ0n) is 8.51. The molecule has 0 saturated heterocycles. The van der Waals surface area contributed by atoms with Crippen LogP contribution in [0.1, 0.15) is 26.2 Å². The van der Waals surface area contributed by atoms with Gasteiger partial charge in [0.25, 0.3) is 0 Å². The predicted octanol–water partition coefficient (Wildman–Crippen LogP) is 1.15. The average molecular weight is 201 g/mol. The van der Waals surface area contributed by atoms with E-state index in [2.05, 4.69) is 11.2 Å². The van der Waals surface area contributed by atoms with E-state index in [9.17, 15) is 4.21 Å². The van der Waals surface area contributed by atoms with Crippen LogP contribution >= 0.6 is 0 Å². The van der Waals surface area contributed by atoms with Crippen molar-refractivity contribution in [1.82, 2.24) is 5.32 Å². The molecule has 0 aliphatic carbocycles. The summed E-state index contributed by atoms with van der Waals surface area (Å²) in [6.45, 7) is 3.91. The molecule has 13 heavy (non-hydrogen) atoms. The van der Waals surface area contributed by atoms with Crippen molar-refractivity contribution in [2.24, 2.45) is 0 Å². The second kappa shape index (κ2) is 8.28. The number of rotatable bonds is 7. The van der Waals surface area contributed by atoms with Gasteiger partial charge in [-0.15, -0.1) is 12.3 Å². The molecule has 0 aromatic rings. The lowest BCUT2D eigenvalue weighted by Crippen LogP contribution is -2.22. The molecule has 3 heteroatoms. The fourth-order valence-corrected chi connectivity index (χ4v) is 1.36. The Morgan fingerprint density at radius 2 is 2.23 bits per heavy atom. The Hall–Kier alpha value is -0.330. The lowest BCUT2D eigenvalue weighted by molar-refractivity contribution is 0.616. The van der Waals surface area contributed by atoms with Gasteiger partial charge in [-0.05, 0) is 25.9 Å². The molecule has 0 radical (unpaired) electrons. The number of terminal acetylenes is 1. The zero-order chi connectivity index (χ0) is 10.1. The van der Waals surface area contributed by atoms with E-state index in [4.69, 9.17) is 6.42 Å². The number of hydrogen-bond acceptors (Lipinski definition) is 2. The van der Waals surface area contributed by atoms with Crippen LogP contribution in [0.2, 0.25) is 0 Å². The molecule has 2 unspecified atom stereocenters. The third kappa shape index (κ3) is 8.01. The summed E-state index contributed by atoms with van der Waals surface area (Å²) in [4.78, 5) is 0. The van der Waals surface area contributed by atoms with E-state index >= 15 is 0 Å². The smallest absolute Gasteiger partial charge is 0.0329 e. The molecule has 0 aliphatic rings. The average Bonchev–Trinajstić information content (AvgIpc) is 2.10. The molecule has 76 valence electrons. The summed E-state index contributed by atoms with van der Waals surface area (Å²) in [6, 6.07) is 0. The molecular formula is C10H19NOS. The van der Waals surface area contributed by atoms with Crippen LogP contribution < -0.4 is 5.32 Å². The van der Waals surface area contributed by atoms with E-state index in [0.717, 1.165) is 32.4 Å². The highest BCUT2D eigenvalue weighted by Gasteiger charge is 2.04. The highest BCUT2D eigenvalue weighted by atomic mass is 32.2. The van der Waals surface area contributed by atoms with Gasteiger partial charge in [-0.25, -0.2) is 0 Å². The first kappa shape index (κ1) is 12.7. The van der Waals surface area contributed by atoms with Crippen molar-refractivity contribution >= 4 is 10.8 Å². The standard InChI is InChI=1S/C10H19NOS/c1-4-5-6-8-11-9-7-10(2)13(3)12/h1,10-11H,5-9H2,2-3H3. The lowest BCUT2D eigenvalue weighted by Gasteiger charge is -2.08. The van der Waals surface area contributed by atoms with E-state index in [1.165, 1.54) is 0 Å². The topological polar surface area (TPSA) is 29.1 Å². The van der Waals surface area contributed by atoms with E-state index in [0.29, 0.717) is 5.25 Å². The first-order valence-corrected chi connectivity index (χ1v) is 6.27. The van der Waals surface area contributed by atoms with Gasteiger partial charge in [-0.3, -0.25) is 4.21 Å². The fourth-order valence-electron chi connectivity index (χ4n) is 0.912. The minimum absolute atomic E-state index is 0.292. The normalized spacial score (nSPS) is 14.8. The van der Waals surface area contributed by atoms with Gasteiger partial charge < -0.3 is 5.32 Å². The van der Waals surface area contributed by atoms with Crippen molar-refractivity contribution in [2.75, 3.05) is 19.3 Å². The molecule has 0 aromatic heterocycles. The summed E-state index contributed by atoms with van der Waals surface area (Å²) < 4.78 is 11.0. The maximum absolute atomic E-state index is 11.0. The van der Waals surface area contributed by atoms with Gasteiger partial charge in [0.1, 0.15) is 0 Å². The van der Waals surface area contributed by atoms with Crippen LogP contribution in [-0.2, 0) is 10.8 Å². The third-order valence-corrected chi connectivity index (χ3v) is 3.34. The van der Waals surface area contributed by atoms with Crippen molar-refractivity contribution in [3.63, 3.8) is 0 Å². The van der Waals surface area contributed by atoms with Gasteiger partial charge in [0.15, 0.2) is 0 Å². The monoisotopic (exact) mass is 201 g/mol. The van der Waals surface area contributed by atoms with Crippen LogP contribution in [0.5, 0.6) is 0 Å². The third-order valence-electron chi connectivity index (χ3n) is 1.97. The maximum Gasteiger partial charge on any atom is 0.0329 e. The van der Waals surface area contributed by atoms with Crippen LogP contribution in [0.4, 0.5) is 0 Å². The molecule has 2 nitrogen and oxygen atoms in total. The summed E-state index contributed by atoms with van der Waals surface area (Å²) in [5, 5.41) is 3.57. The minimum atomic E-state index is -0.691. The van der Waals surface area contributed by atoms with E-state index in [-0.39, 0.29) is 0 Å². The van der Waals surface area contributed by atoms with Crippen molar-refractivity contribution in [3.05, 3.63) is 0 Å². The second-order valence-corrected chi connectivity index (χ2v) is 4.96. The summed E-state index contributed by atoms with van der Waals surface area (Å²) in [5.74, 6) is 2.60. The van der Waals surface area contributed by atoms with Crippen molar-refractivity contribution in [2.45, 2.75) is 31.4 Å². The van der Waals surface area contributed by atoms with Gasteiger partial charge in [0.05, 0.1) is 0 Å². The quantitative estimate of drug-likeness (QED) is 0.494. The van der Waals surface area contributed by atoms with Crippen LogP contribution in [0.25, 0.3) is 0 Å². The molecule has 1 N–H and O–H groups in total. The Morgan fingerprint density at radius 1 is 1.54 bits per heavy atom. The van der Waals surface area contributed by atoms with E-state index in [1.807, 2.05) is 6.92 Å². The van der Waals surface area contributed by atoms with Gasteiger partial charge in [-0.1, -0.05) is 6.92 Å². The number of nitrogens with one attached hydrogen (secondary N) is 1. The Bertz CT molecular complexity index is 186. The van der Waals surface area contributed by atoms with Crippen LogP contribution in [0, 0.1) is 12.3 Å². The van der Waals surface area contributed by atoms with E-state index in [1.54, 1.807) is 6.26 Å².